The molecule has 1 unspecified atom stereocenters. The van der Waals surface area contributed by atoms with Gasteiger partial charge in [-0.05, 0) is 45.7 Å². The summed E-state index contributed by atoms with van der Waals surface area (Å²) >= 11 is 0. The zero-order valence-electron chi connectivity index (χ0n) is 6.98. The molecule has 0 saturated carbocycles. The van der Waals surface area contributed by atoms with E-state index in [2.05, 4.69) is 19.2 Å². The van der Waals surface area contributed by atoms with Gasteiger partial charge in [0.2, 0.25) is 0 Å². The molecule has 0 bridgehead atoms. The lowest BCUT2D eigenvalue weighted by Gasteiger charge is -2.21. The van der Waals surface area contributed by atoms with E-state index in [1.807, 2.05) is 0 Å². The van der Waals surface area contributed by atoms with E-state index in [-0.39, 0.29) is 5.54 Å². The normalized spacial score (nSPS) is 27.3. The van der Waals surface area contributed by atoms with Gasteiger partial charge >= 0.3 is 0 Å². The molecule has 0 spiro atoms. The Morgan fingerprint density at radius 3 is 2.70 bits per heavy atom. The van der Waals surface area contributed by atoms with Gasteiger partial charge in [-0.15, -0.1) is 0 Å². The standard InChI is InChI=1S/C8H18N2/c1-8(2,9)5-7-3-4-10-6-7/h7,10H,3-6,9H2,1-2H3. The number of nitrogens with one attached hydrogen (secondary N) is 1. The minimum absolute atomic E-state index is 0.0245. The van der Waals surface area contributed by atoms with Crippen LogP contribution in [0.5, 0.6) is 0 Å². The van der Waals surface area contributed by atoms with Crippen LogP contribution in [0.3, 0.4) is 0 Å². The van der Waals surface area contributed by atoms with Gasteiger partial charge in [0.25, 0.3) is 0 Å². The summed E-state index contributed by atoms with van der Waals surface area (Å²) < 4.78 is 0. The molecule has 2 nitrogen and oxygen atoms in total. The van der Waals surface area contributed by atoms with Gasteiger partial charge in [0.15, 0.2) is 0 Å². The highest BCUT2D eigenvalue weighted by molar-refractivity contribution is 4.81. The fraction of sp³-hybridized carbons (Fsp3) is 1.00. The van der Waals surface area contributed by atoms with Crippen LogP contribution < -0.4 is 11.1 Å². The Balaban J connectivity index is 2.24. The molecular weight excluding hydrogens is 124 g/mol. The number of hydrogen-bond acceptors (Lipinski definition) is 2. The van der Waals surface area contributed by atoms with Crippen molar-refractivity contribution < 1.29 is 0 Å². The molecule has 60 valence electrons. The topological polar surface area (TPSA) is 38.0 Å². The summed E-state index contributed by atoms with van der Waals surface area (Å²) in [6.45, 7) is 6.55. The van der Waals surface area contributed by atoms with Crippen LogP contribution in [0.25, 0.3) is 0 Å². The molecule has 0 aliphatic carbocycles. The fourth-order valence-corrected chi connectivity index (χ4v) is 1.63. The molecule has 3 N–H and O–H groups in total. The van der Waals surface area contributed by atoms with Crippen molar-refractivity contribution >= 4 is 0 Å². The third kappa shape index (κ3) is 2.67. The summed E-state index contributed by atoms with van der Waals surface area (Å²) in [6, 6.07) is 0. The molecule has 1 heterocycles. The second kappa shape index (κ2) is 2.89. The molecule has 0 aromatic heterocycles. The quantitative estimate of drug-likeness (QED) is 0.596. The van der Waals surface area contributed by atoms with Crippen LogP contribution in [0.1, 0.15) is 26.7 Å². The van der Waals surface area contributed by atoms with Crippen molar-refractivity contribution in [1.82, 2.24) is 5.32 Å². The summed E-state index contributed by atoms with van der Waals surface area (Å²) in [5.74, 6) is 0.819. The van der Waals surface area contributed by atoms with Crippen molar-refractivity contribution in [2.45, 2.75) is 32.2 Å². The second-order valence-corrected chi connectivity index (χ2v) is 4.05. The van der Waals surface area contributed by atoms with Crippen molar-refractivity contribution in [3.8, 4) is 0 Å². The summed E-state index contributed by atoms with van der Waals surface area (Å²) in [5, 5.41) is 3.34. The average Bonchev–Trinajstić information content (AvgIpc) is 2.12. The molecule has 1 fully saturated rings. The summed E-state index contributed by atoms with van der Waals surface area (Å²) in [6.07, 6.45) is 2.46. The van der Waals surface area contributed by atoms with Crippen LogP contribution in [-0.4, -0.2) is 18.6 Å². The maximum Gasteiger partial charge on any atom is 0.0100 e. The van der Waals surface area contributed by atoms with E-state index < -0.39 is 0 Å². The lowest BCUT2D eigenvalue weighted by Crippen LogP contribution is -2.34. The highest BCUT2D eigenvalue weighted by Gasteiger charge is 2.21. The smallest absolute Gasteiger partial charge is 0.0100 e. The Labute approximate surface area is 63.2 Å². The van der Waals surface area contributed by atoms with Gasteiger partial charge in [-0.3, -0.25) is 0 Å². The predicted molar refractivity (Wildman–Crippen MR) is 43.9 cm³/mol. The van der Waals surface area contributed by atoms with Gasteiger partial charge < -0.3 is 11.1 Å². The molecule has 0 aromatic rings. The zero-order valence-corrected chi connectivity index (χ0v) is 6.98. The lowest BCUT2D eigenvalue weighted by molar-refractivity contribution is 0.380. The second-order valence-electron chi connectivity index (χ2n) is 4.05. The molecule has 0 radical (unpaired) electrons. The van der Waals surface area contributed by atoms with Crippen LogP contribution in [0.2, 0.25) is 0 Å². The highest BCUT2D eigenvalue weighted by atomic mass is 14.9. The third-order valence-corrected chi connectivity index (χ3v) is 1.98. The first-order valence-corrected chi connectivity index (χ1v) is 4.07. The zero-order chi connectivity index (χ0) is 7.61. The van der Waals surface area contributed by atoms with Gasteiger partial charge in [-0.1, -0.05) is 0 Å². The monoisotopic (exact) mass is 142 g/mol. The van der Waals surface area contributed by atoms with Gasteiger partial charge in [-0.2, -0.15) is 0 Å². The molecular formula is C8H18N2. The molecule has 0 amide bonds. The van der Waals surface area contributed by atoms with Crippen LogP contribution in [0.15, 0.2) is 0 Å². The Bertz CT molecular complexity index is 98.3. The minimum Gasteiger partial charge on any atom is -0.326 e. The molecule has 1 rings (SSSR count). The van der Waals surface area contributed by atoms with Gasteiger partial charge in [0.1, 0.15) is 0 Å². The van der Waals surface area contributed by atoms with E-state index in [1.54, 1.807) is 0 Å². The molecule has 1 saturated heterocycles. The molecule has 2 heteroatoms. The van der Waals surface area contributed by atoms with E-state index in [9.17, 15) is 0 Å². The Hall–Kier alpha value is -0.0800. The van der Waals surface area contributed by atoms with E-state index in [0.29, 0.717) is 0 Å². The number of hydrogen-bond donors (Lipinski definition) is 2. The summed E-state index contributed by atoms with van der Waals surface area (Å²) in [4.78, 5) is 0. The van der Waals surface area contributed by atoms with Crippen LogP contribution in [0.4, 0.5) is 0 Å². The van der Waals surface area contributed by atoms with Crippen molar-refractivity contribution in [3.05, 3.63) is 0 Å². The average molecular weight is 142 g/mol. The summed E-state index contributed by atoms with van der Waals surface area (Å²) in [7, 11) is 0. The maximum atomic E-state index is 5.89. The van der Waals surface area contributed by atoms with E-state index in [1.165, 1.54) is 19.5 Å². The molecule has 1 aliphatic rings. The Morgan fingerprint density at radius 2 is 2.30 bits per heavy atom. The predicted octanol–water partition coefficient (Wildman–Crippen LogP) is 0.723. The van der Waals surface area contributed by atoms with Gasteiger partial charge in [0, 0.05) is 5.54 Å². The first kappa shape index (κ1) is 8.02. The summed E-state index contributed by atoms with van der Waals surface area (Å²) in [5.41, 5.74) is 5.91. The Kier molecular flexibility index (Phi) is 2.32. The van der Waals surface area contributed by atoms with Crippen molar-refractivity contribution in [1.29, 1.82) is 0 Å². The van der Waals surface area contributed by atoms with Crippen molar-refractivity contribution in [2.75, 3.05) is 13.1 Å². The fourth-order valence-electron chi connectivity index (χ4n) is 1.63. The Morgan fingerprint density at radius 1 is 1.60 bits per heavy atom. The largest absolute Gasteiger partial charge is 0.326 e. The van der Waals surface area contributed by atoms with E-state index in [4.69, 9.17) is 5.73 Å². The molecule has 10 heavy (non-hydrogen) atoms. The van der Waals surface area contributed by atoms with Crippen molar-refractivity contribution in [2.24, 2.45) is 11.7 Å². The SMILES string of the molecule is CC(C)(N)CC1CCNC1. The van der Waals surface area contributed by atoms with Crippen LogP contribution in [-0.2, 0) is 0 Å². The lowest BCUT2D eigenvalue weighted by atomic mass is 9.91. The first-order chi connectivity index (χ1) is 4.58. The minimum atomic E-state index is 0.0245. The van der Waals surface area contributed by atoms with Gasteiger partial charge in [0.05, 0.1) is 0 Å². The van der Waals surface area contributed by atoms with E-state index >= 15 is 0 Å². The van der Waals surface area contributed by atoms with Crippen molar-refractivity contribution in [3.63, 3.8) is 0 Å². The van der Waals surface area contributed by atoms with Crippen LogP contribution in [0, 0.1) is 5.92 Å². The van der Waals surface area contributed by atoms with Crippen LogP contribution >= 0.6 is 0 Å². The highest BCUT2D eigenvalue weighted by Crippen LogP contribution is 2.18. The molecule has 0 aromatic carbocycles. The van der Waals surface area contributed by atoms with E-state index in [0.717, 1.165) is 12.3 Å². The first-order valence-electron chi connectivity index (χ1n) is 4.07. The third-order valence-electron chi connectivity index (χ3n) is 1.98. The number of rotatable bonds is 2. The van der Waals surface area contributed by atoms with Gasteiger partial charge in [-0.25, -0.2) is 0 Å². The maximum absolute atomic E-state index is 5.89. The molecule has 1 atom stereocenters. The number of nitrogens with two attached hydrogens (primary N) is 1. The molecule has 1 aliphatic heterocycles.